The summed E-state index contributed by atoms with van der Waals surface area (Å²) >= 11 is 1.23. The molecule has 0 saturated carbocycles. The van der Waals surface area contributed by atoms with Gasteiger partial charge in [0.25, 0.3) is 11.8 Å². The van der Waals surface area contributed by atoms with Gasteiger partial charge in [0.2, 0.25) is 0 Å². The van der Waals surface area contributed by atoms with Gasteiger partial charge in [-0.15, -0.1) is 0 Å². The molecule has 2 N–H and O–H groups in total. The molecular formula is C22H23FN2O4S. The Labute approximate surface area is 178 Å². The van der Waals surface area contributed by atoms with Gasteiger partial charge in [-0.3, -0.25) is 9.59 Å². The van der Waals surface area contributed by atoms with Crippen molar-refractivity contribution < 1.29 is 23.5 Å². The van der Waals surface area contributed by atoms with Gasteiger partial charge in [0.1, 0.15) is 5.82 Å². The maximum absolute atomic E-state index is 13.9. The average molecular weight is 431 g/mol. The summed E-state index contributed by atoms with van der Waals surface area (Å²) in [7, 11) is 0. The van der Waals surface area contributed by atoms with Gasteiger partial charge in [-0.2, -0.15) is 0 Å². The maximum Gasteiger partial charge on any atom is 0.262 e. The van der Waals surface area contributed by atoms with Crippen molar-refractivity contribution in [2.75, 3.05) is 25.1 Å². The molecule has 158 valence electrons. The Hall–Kier alpha value is -2.68. The summed E-state index contributed by atoms with van der Waals surface area (Å²) in [6.07, 6.45) is 1.00. The van der Waals surface area contributed by atoms with Crippen LogP contribution in [0.3, 0.4) is 0 Å². The number of fused-ring (bicyclic) bond motifs is 1. The maximum atomic E-state index is 13.9. The largest absolute Gasteiger partial charge is 0.351 e. The first-order valence-electron chi connectivity index (χ1n) is 9.62. The van der Waals surface area contributed by atoms with E-state index in [1.807, 2.05) is 13.8 Å². The molecule has 0 unspecified atom stereocenters. The molecule has 2 amide bonds. The molecule has 0 fully saturated rings. The van der Waals surface area contributed by atoms with Gasteiger partial charge < -0.3 is 20.1 Å². The van der Waals surface area contributed by atoms with E-state index in [0.717, 1.165) is 4.90 Å². The number of amides is 2. The highest BCUT2D eigenvalue weighted by Gasteiger charge is 2.23. The van der Waals surface area contributed by atoms with Crippen molar-refractivity contribution in [2.24, 2.45) is 0 Å². The third-order valence-electron chi connectivity index (χ3n) is 4.26. The monoisotopic (exact) mass is 430 g/mol. The van der Waals surface area contributed by atoms with E-state index < -0.39 is 12.1 Å². The van der Waals surface area contributed by atoms with Crippen molar-refractivity contribution in [3.63, 3.8) is 0 Å². The Morgan fingerprint density at radius 2 is 1.93 bits per heavy atom. The number of rotatable bonds is 8. The summed E-state index contributed by atoms with van der Waals surface area (Å²) < 4.78 is 24.7. The van der Waals surface area contributed by atoms with E-state index in [4.69, 9.17) is 9.47 Å². The van der Waals surface area contributed by atoms with Gasteiger partial charge in [0, 0.05) is 29.2 Å². The van der Waals surface area contributed by atoms with Crippen molar-refractivity contribution in [3.05, 3.63) is 64.3 Å². The van der Waals surface area contributed by atoms with Crippen LogP contribution in [0.4, 0.5) is 10.1 Å². The summed E-state index contributed by atoms with van der Waals surface area (Å²) in [4.78, 5) is 26.1. The van der Waals surface area contributed by atoms with Crippen molar-refractivity contribution in [1.82, 2.24) is 5.32 Å². The summed E-state index contributed by atoms with van der Waals surface area (Å²) in [6, 6.07) is 11.3. The predicted octanol–water partition coefficient (Wildman–Crippen LogP) is 4.04. The molecule has 0 spiro atoms. The number of anilines is 1. The number of benzene rings is 2. The lowest BCUT2D eigenvalue weighted by Gasteiger charge is -2.20. The summed E-state index contributed by atoms with van der Waals surface area (Å²) in [6.45, 7) is 4.88. The zero-order valence-corrected chi connectivity index (χ0v) is 17.6. The molecule has 1 aliphatic rings. The first kappa shape index (κ1) is 22.0. The molecule has 0 radical (unpaired) electrons. The van der Waals surface area contributed by atoms with Gasteiger partial charge in [0.05, 0.1) is 17.1 Å². The van der Waals surface area contributed by atoms with E-state index in [0.29, 0.717) is 34.9 Å². The Bertz CT molecular complexity index is 958. The molecule has 2 aromatic carbocycles. The van der Waals surface area contributed by atoms with Gasteiger partial charge in [-0.1, -0.05) is 30.0 Å². The molecule has 8 heteroatoms. The van der Waals surface area contributed by atoms with Crippen LogP contribution in [-0.4, -0.2) is 37.9 Å². The molecular weight excluding hydrogens is 407 g/mol. The summed E-state index contributed by atoms with van der Waals surface area (Å²) in [5.41, 5.74) is 1.28. The highest BCUT2D eigenvalue weighted by Crippen LogP contribution is 2.39. The number of halogens is 1. The second-order valence-electron chi connectivity index (χ2n) is 6.35. The van der Waals surface area contributed by atoms with Crippen LogP contribution in [-0.2, 0) is 14.3 Å². The fraction of sp³-hybridized carbons (Fsp3) is 0.273. The molecule has 0 saturated heterocycles. The Balaban J connectivity index is 1.71. The lowest BCUT2D eigenvalue weighted by atomic mass is 10.1. The minimum atomic E-state index is -0.511. The minimum Gasteiger partial charge on any atom is -0.351 e. The third kappa shape index (κ3) is 5.47. The van der Waals surface area contributed by atoms with Crippen molar-refractivity contribution in [1.29, 1.82) is 0 Å². The Morgan fingerprint density at radius 3 is 2.63 bits per heavy atom. The van der Waals surface area contributed by atoms with Crippen LogP contribution in [0.2, 0.25) is 0 Å². The first-order chi connectivity index (χ1) is 14.5. The van der Waals surface area contributed by atoms with Crippen LogP contribution in [0.15, 0.2) is 52.3 Å². The number of ether oxygens (including phenoxy) is 2. The highest BCUT2D eigenvalue weighted by molar-refractivity contribution is 8.04. The van der Waals surface area contributed by atoms with Gasteiger partial charge in [-0.05, 0) is 44.2 Å². The minimum absolute atomic E-state index is 0.217. The Morgan fingerprint density at radius 1 is 1.20 bits per heavy atom. The van der Waals surface area contributed by atoms with Crippen molar-refractivity contribution in [2.45, 2.75) is 25.0 Å². The summed E-state index contributed by atoms with van der Waals surface area (Å²) in [5.74, 6) is -1.04. The lowest BCUT2D eigenvalue weighted by Crippen LogP contribution is -2.35. The lowest BCUT2D eigenvalue weighted by molar-refractivity contribution is -0.131. The fourth-order valence-electron chi connectivity index (χ4n) is 2.85. The molecule has 2 aromatic rings. The smallest absolute Gasteiger partial charge is 0.262 e. The molecule has 0 aliphatic carbocycles. The zero-order chi connectivity index (χ0) is 21.5. The van der Waals surface area contributed by atoms with Crippen LogP contribution in [0.5, 0.6) is 0 Å². The van der Waals surface area contributed by atoms with Gasteiger partial charge in [-0.25, -0.2) is 4.39 Å². The van der Waals surface area contributed by atoms with Gasteiger partial charge in [0.15, 0.2) is 6.29 Å². The first-order valence-corrected chi connectivity index (χ1v) is 10.4. The molecule has 1 heterocycles. The van der Waals surface area contributed by atoms with E-state index >= 15 is 0 Å². The summed E-state index contributed by atoms with van der Waals surface area (Å²) in [5, 5.41) is 5.54. The van der Waals surface area contributed by atoms with Crippen LogP contribution in [0.25, 0.3) is 6.08 Å². The third-order valence-corrected chi connectivity index (χ3v) is 5.36. The molecule has 0 aromatic heterocycles. The van der Waals surface area contributed by atoms with E-state index in [-0.39, 0.29) is 18.4 Å². The molecule has 0 bridgehead atoms. The van der Waals surface area contributed by atoms with E-state index in [1.54, 1.807) is 36.4 Å². The van der Waals surface area contributed by atoms with E-state index in [9.17, 15) is 14.0 Å². The number of thioether (sulfide) groups is 1. The number of hydrogen-bond acceptors (Lipinski definition) is 5. The molecule has 30 heavy (non-hydrogen) atoms. The predicted molar refractivity (Wildman–Crippen MR) is 115 cm³/mol. The topological polar surface area (TPSA) is 76.7 Å². The molecule has 3 rings (SSSR count). The molecule has 1 aliphatic heterocycles. The van der Waals surface area contributed by atoms with E-state index in [2.05, 4.69) is 10.6 Å². The van der Waals surface area contributed by atoms with Crippen molar-refractivity contribution >= 4 is 35.3 Å². The number of hydrogen-bond donors (Lipinski definition) is 2. The number of nitrogens with one attached hydrogen (secondary N) is 2. The van der Waals surface area contributed by atoms with Crippen LogP contribution in [0, 0.1) is 5.82 Å². The standard InChI is InChI=1S/C22H23FN2O4S/c1-3-28-20(29-4-2)13-24-21(26)15-9-10-18-17(11-15)25-22(27)19(30-18)12-14-7-5-6-8-16(14)23/h5-12,20H,3-4,13H2,1-2H3,(H,24,26)(H,25,27)/b19-12+. The second kappa shape index (κ2) is 10.4. The van der Waals surface area contributed by atoms with E-state index in [1.165, 1.54) is 23.9 Å². The van der Waals surface area contributed by atoms with Crippen LogP contribution < -0.4 is 10.6 Å². The Kier molecular flexibility index (Phi) is 7.62. The van der Waals surface area contributed by atoms with Crippen molar-refractivity contribution in [3.8, 4) is 0 Å². The number of carbonyl (C=O) groups excluding carboxylic acids is 2. The normalized spacial score (nSPS) is 14.5. The molecule has 6 nitrogen and oxygen atoms in total. The van der Waals surface area contributed by atoms with Gasteiger partial charge >= 0.3 is 0 Å². The number of carbonyl (C=O) groups is 2. The average Bonchev–Trinajstić information content (AvgIpc) is 2.74. The highest BCUT2D eigenvalue weighted by atomic mass is 32.2. The fourth-order valence-corrected chi connectivity index (χ4v) is 3.77. The van der Waals surface area contributed by atoms with Crippen LogP contribution >= 0.6 is 11.8 Å². The quantitative estimate of drug-likeness (QED) is 0.488. The molecule has 0 atom stereocenters. The zero-order valence-electron chi connectivity index (χ0n) is 16.7. The van der Waals surface area contributed by atoms with Crippen LogP contribution in [0.1, 0.15) is 29.8 Å². The second-order valence-corrected chi connectivity index (χ2v) is 7.43. The SMILES string of the molecule is CCOC(CNC(=O)c1ccc2c(c1)NC(=O)/C(=C\c1ccccc1F)S2)OCC.